The Kier molecular flexibility index (Phi) is 3.92. The van der Waals surface area contributed by atoms with E-state index in [-0.39, 0.29) is 5.69 Å². The molecule has 0 N–H and O–H groups in total. The lowest BCUT2D eigenvalue weighted by Crippen LogP contribution is -2.23. The van der Waals surface area contributed by atoms with E-state index in [1.165, 1.54) is 0 Å². The van der Waals surface area contributed by atoms with Crippen LogP contribution in [-0.2, 0) is 14.1 Å². The average molecular weight is 402 g/mol. The summed E-state index contributed by atoms with van der Waals surface area (Å²) in [6.07, 6.45) is 5.49. The lowest BCUT2D eigenvalue weighted by atomic mass is 10.0. The summed E-state index contributed by atoms with van der Waals surface area (Å²) in [5, 5.41) is 5.17. The van der Waals surface area contributed by atoms with Gasteiger partial charge in [-0.1, -0.05) is 0 Å². The van der Waals surface area contributed by atoms with Gasteiger partial charge in [0.25, 0.3) is 0 Å². The molecule has 0 aliphatic carbocycles. The van der Waals surface area contributed by atoms with E-state index in [1.54, 1.807) is 40.4 Å². The van der Waals surface area contributed by atoms with Crippen LogP contribution in [0, 0.1) is 0 Å². The second kappa shape index (κ2) is 6.41. The van der Waals surface area contributed by atoms with Crippen LogP contribution in [0.15, 0.2) is 46.1 Å². The van der Waals surface area contributed by atoms with Crippen LogP contribution in [0.5, 0.6) is 5.75 Å². The van der Waals surface area contributed by atoms with Crippen molar-refractivity contribution in [1.29, 1.82) is 0 Å². The predicted molar refractivity (Wildman–Crippen MR) is 118 cm³/mol. The number of hydrogen-bond donors (Lipinski definition) is 0. The van der Waals surface area contributed by atoms with Crippen molar-refractivity contribution in [3.8, 4) is 16.9 Å². The molecule has 4 aromatic rings. The van der Waals surface area contributed by atoms with Crippen LogP contribution in [0.2, 0.25) is 0 Å². The van der Waals surface area contributed by atoms with E-state index in [0.29, 0.717) is 12.3 Å². The summed E-state index contributed by atoms with van der Waals surface area (Å²) in [4.78, 5) is 22.4. The Hall–Kier alpha value is -3.68. The van der Waals surface area contributed by atoms with Gasteiger partial charge in [-0.3, -0.25) is 23.8 Å². The second-order valence-corrected chi connectivity index (χ2v) is 7.67. The Morgan fingerprint density at radius 1 is 1.13 bits per heavy atom. The number of aliphatic imine (C=N–C) groups is 1. The van der Waals surface area contributed by atoms with Gasteiger partial charge in [-0.05, 0) is 25.5 Å². The highest BCUT2D eigenvalue weighted by atomic mass is 16.5. The van der Waals surface area contributed by atoms with Crippen molar-refractivity contribution in [2.75, 3.05) is 13.7 Å². The second-order valence-electron chi connectivity index (χ2n) is 7.67. The fourth-order valence-electron chi connectivity index (χ4n) is 4.24. The van der Waals surface area contributed by atoms with Gasteiger partial charge >= 0.3 is 5.69 Å². The first kappa shape index (κ1) is 18.4. The number of rotatable bonds is 3. The first-order valence-corrected chi connectivity index (χ1v) is 9.69. The van der Waals surface area contributed by atoms with Crippen LogP contribution in [0.4, 0.5) is 0 Å². The largest absolute Gasteiger partial charge is 0.496 e. The quantitative estimate of drug-likeness (QED) is 0.528. The van der Waals surface area contributed by atoms with E-state index in [4.69, 9.17) is 4.74 Å². The molecule has 8 heteroatoms. The molecule has 5 rings (SSSR count). The minimum absolute atomic E-state index is 0.108. The summed E-state index contributed by atoms with van der Waals surface area (Å²) in [6.45, 7) is 4.58. The maximum Gasteiger partial charge on any atom is 0.333 e. The van der Waals surface area contributed by atoms with Crippen molar-refractivity contribution >= 4 is 33.3 Å². The number of aromatic nitrogens is 5. The molecule has 0 atom stereocenters. The highest BCUT2D eigenvalue weighted by molar-refractivity contribution is 6.22. The first-order valence-electron chi connectivity index (χ1n) is 9.69. The van der Waals surface area contributed by atoms with Crippen LogP contribution < -0.4 is 10.4 Å². The topological polar surface area (TPSA) is 79.2 Å². The molecule has 0 amide bonds. The van der Waals surface area contributed by atoms with E-state index >= 15 is 0 Å². The third kappa shape index (κ3) is 2.46. The molecule has 1 aliphatic heterocycles. The number of allylic oxidation sites excluding steroid dienone is 1. The summed E-state index contributed by atoms with van der Waals surface area (Å²) in [7, 11) is 5.30. The number of imidazole rings is 1. The summed E-state index contributed by atoms with van der Waals surface area (Å²) in [6, 6.07) is 3.95. The number of pyridine rings is 1. The molecule has 0 fully saturated rings. The van der Waals surface area contributed by atoms with Gasteiger partial charge in [0.05, 0.1) is 54.0 Å². The SMILES string of the molecule is COc1cc2ncc3c(c2cc1-c1cnn(C)c1)n(C1=C(C)CN=C1C)c(=O)n3C. The normalized spacial score (nSPS) is 14.2. The molecular formula is C22H22N6O2. The molecule has 1 aromatic carbocycles. The molecule has 1 aliphatic rings. The fraction of sp³-hybridized carbons (Fsp3) is 0.273. The van der Waals surface area contributed by atoms with Gasteiger partial charge in [0, 0.05) is 42.9 Å². The molecule has 3 aromatic heterocycles. The van der Waals surface area contributed by atoms with Crippen molar-refractivity contribution in [1.82, 2.24) is 23.9 Å². The lowest BCUT2D eigenvalue weighted by molar-refractivity contribution is 0.417. The Labute approximate surface area is 172 Å². The number of ether oxygens (including phenoxy) is 1. The van der Waals surface area contributed by atoms with Crippen molar-refractivity contribution < 1.29 is 4.74 Å². The lowest BCUT2D eigenvalue weighted by Gasteiger charge is -2.12. The van der Waals surface area contributed by atoms with E-state index < -0.39 is 0 Å². The third-order valence-corrected chi connectivity index (χ3v) is 5.74. The number of nitrogens with zero attached hydrogens (tertiary/aromatic N) is 6. The molecule has 152 valence electrons. The zero-order valence-electron chi connectivity index (χ0n) is 17.6. The Balaban J connectivity index is 1.94. The van der Waals surface area contributed by atoms with Gasteiger partial charge in [0.1, 0.15) is 5.75 Å². The minimum Gasteiger partial charge on any atom is -0.496 e. The summed E-state index contributed by atoms with van der Waals surface area (Å²) in [5.41, 5.74) is 6.91. The zero-order valence-corrected chi connectivity index (χ0v) is 17.6. The summed E-state index contributed by atoms with van der Waals surface area (Å²) < 4.78 is 10.8. The third-order valence-electron chi connectivity index (χ3n) is 5.74. The molecule has 0 unspecified atom stereocenters. The Morgan fingerprint density at radius 3 is 2.57 bits per heavy atom. The highest BCUT2D eigenvalue weighted by Crippen LogP contribution is 2.36. The Bertz CT molecular complexity index is 1460. The number of benzene rings is 1. The first-order chi connectivity index (χ1) is 14.4. The molecule has 30 heavy (non-hydrogen) atoms. The molecule has 4 heterocycles. The van der Waals surface area contributed by atoms with Crippen LogP contribution >= 0.6 is 0 Å². The molecule has 0 bridgehead atoms. The van der Waals surface area contributed by atoms with Gasteiger partial charge in [-0.15, -0.1) is 0 Å². The van der Waals surface area contributed by atoms with E-state index in [9.17, 15) is 4.79 Å². The Morgan fingerprint density at radius 2 is 1.93 bits per heavy atom. The maximum absolute atomic E-state index is 13.3. The standard InChI is InChI=1S/C22H22N6O2/c1-12-8-23-13(2)20(12)28-21-16-6-15(14-9-25-26(3)11-14)19(30-5)7-17(16)24-10-18(21)27(4)22(28)29/h6-7,9-11H,8H2,1-5H3. The summed E-state index contributed by atoms with van der Waals surface area (Å²) >= 11 is 0. The van der Waals surface area contributed by atoms with Crippen molar-refractivity contribution in [2.24, 2.45) is 19.1 Å². The van der Waals surface area contributed by atoms with Crippen LogP contribution in [0.25, 0.3) is 38.8 Å². The fourth-order valence-corrected chi connectivity index (χ4v) is 4.24. The van der Waals surface area contributed by atoms with E-state index in [2.05, 4.69) is 15.1 Å². The van der Waals surface area contributed by atoms with E-state index in [1.807, 2.05) is 39.2 Å². The van der Waals surface area contributed by atoms with Gasteiger partial charge in [0.2, 0.25) is 0 Å². The maximum atomic E-state index is 13.3. The van der Waals surface area contributed by atoms with Crippen molar-refractivity contribution in [3.05, 3.63) is 46.8 Å². The molecular weight excluding hydrogens is 380 g/mol. The number of fused-ring (bicyclic) bond motifs is 3. The minimum atomic E-state index is -0.108. The van der Waals surface area contributed by atoms with Crippen molar-refractivity contribution in [3.63, 3.8) is 0 Å². The molecule has 0 saturated carbocycles. The van der Waals surface area contributed by atoms with Crippen LogP contribution in [0.3, 0.4) is 0 Å². The van der Waals surface area contributed by atoms with Crippen LogP contribution in [0.1, 0.15) is 13.8 Å². The molecule has 0 spiro atoms. The van der Waals surface area contributed by atoms with Crippen LogP contribution in [-0.4, -0.2) is 43.3 Å². The molecule has 0 saturated heterocycles. The molecule has 8 nitrogen and oxygen atoms in total. The van der Waals surface area contributed by atoms with Crippen molar-refractivity contribution in [2.45, 2.75) is 13.8 Å². The van der Waals surface area contributed by atoms with Gasteiger partial charge in [-0.2, -0.15) is 5.10 Å². The number of hydrogen-bond acceptors (Lipinski definition) is 5. The number of methoxy groups -OCH3 is 1. The smallest absolute Gasteiger partial charge is 0.333 e. The molecule has 0 radical (unpaired) electrons. The highest BCUT2D eigenvalue weighted by Gasteiger charge is 2.24. The number of aryl methyl sites for hydroxylation is 2. The predicted octanol–water partition coefficient (Wildman–Crippen LogP) is 3.00. The van der Waals surface area contributed by atoms with Gasteiger partial charge in [0.15, 0.2) is 0 Å². The zero-order chi connectivity index (χ0) is 21.2. The van der Waals surface area contributed by atoms with E-state index in [0.717, 1.165) is 50.0 Å². The summed E-state index contributed by atoms with van der Waals surface area (Å²) in [5.74, 6) is 0.709. The monoisotopic (exact) mass is 402 g/mol. The average Bonchev–Trinajstić information content (AvgIpc) is 3.38. The van der Waals surface area contributed by atoms with Gasteiger partial charge in [-0.25, -0.2) is 4.79 Å². The van der Waals surface area contributed by atoms with Gasteiger partial charge < -0.3 is 4.74 Å².